The molecule has 0 aromatic carbocycles. The first kappa shape index (κ1) is 24.0. The van der Waals surface area contributed by atoms with Crippen LogP contribution < -0.4 is 19.9 Å². The Morgan fingerprint density at radius 1 is 1.34 bits per heavy atom. The summed E-state index contributed by atoms with van der Waals surface area (Å²) < 4.78 is 34.6. The number of hydrogen-bond acceptors (Lipinski definition) is 7. The maximum absolute atomic E-state index is 13.2. The highest BCUT2D eigenvalue weighted by Gasteiger charge is 2.28. The van der Waals surface area contributed by atoms with Crippen molar-refractivity contribution in [3.05, 3.63) is 23.5 Å². The number of urea groups is 1. The van der Waals surface area contributed by atoms with Gasteiger partial charge in [0.05, 0.1) is 31.2 Å². The lowest BCUT2D eigenvalue weighted by molar-refractivity contribution is 0.0165. The minimum Gasteiger partial charge on any atom is -0.481 e. The zero-order valence-corrected chi connectivity index (χ0v) is 19.9. The molecule has 32 heavy (non-hydrogen) atoms. The smallest absolute Gasteiger partial charge is 0.354 e. The fraction of sp³-hybridized carbons (Fsp3) is 0.550. The number of methoxy groups -OCH3 is 2. The van der Waals surface area contributed by atoms with Gasteiger partial charge in [0.25, 0.3) is 0 Å². The van der Waals surface area contributed by atoms with Crippen LogP contribution in [-0.2, 0) is 21.2 Å². The molecule has 0 saturated heterocycles. The molecule has 3 N–H and O–H groups in total. The van der Waals surface area contributed by atoms with E-state index in [9.17, 15) is 9.00 Å². The van der Waals surface area contributed by atoms with Gasteiger partial charge in [0.2, 0.25) is 11.8 Å². The van der Waals surface area contributed by atoms with E-state index < -0.39 is 15.9 Å². The molecule has 11 nitrogen and oxygen atoms in total. The third kappa shape index (κ3) is 4.87. The number of anilines is 1. The first-order chi connectivity index (χ1) is 15.1. The van der Waals surface area contributed by atoms with E-state index in [-0.39, 0.29) is 35.3 Å². The van der Waals surface area contributed by atoms with Crippen molar-refractivity contribution >= 4 is 21.6 Å². The topological polar surface area (TPSA) is 143 Å². The largest absolute Gasteiger partial charge is 0.481 e. The highest BCUT2D eigenvalue weighted by Crippen LogP contribution is 2.34. The molecule has 2 amide bonds. The van der Waals surface area contributed by atoms with Crippen LogP contribution in [0.1, 0.15) is 50.8 Å². The molecule has 0 radical (unpaired) electrons. The summed E-state index contributed by atoms with van der Waals surface area (Å²) in [7, 11) is -0.504. The monoisotopic (exact) mass is 466 g/mol. The SMILES string of the molecule is COc1cc(C(C)C)c(NC(=O)N=S(N)(=O)c2cnn3c2OC[C@H](OC)C3)c(C(C)C)n1. The van der Waals surface area contributed by atoms with Crippen molar-refractivity contribution in [2.24, 2.45) is 9.50 Å². The normalized spacial score (nSPS) is 17.5. The lowest BCUT2D eigenvalue weighted by Crippen LogP contribution is -2.32. The Morgan fingerprint density at radius 2 is 2.06 bits per heavy atom. The van der Waals surface area contributed by atoms with E-state index in [1.54, 1.807) is 13.2 Å². The zero-order valence-electron chi connectivity index (χ0n) is 19.1. The first-order valence-corrected chi connectivity index (χ1v) is 11.8. The van der Waals surface area contributed by atoms with Crippen molar-refractivity contribution in [2.75, 3.05) is 26.1 Å². The van der Waals surface area contributed by atoms with Crippen LogP contribution in [0.5, 0.6) is 11.8 Å². The predicted octanol–water partition coefficient (Wildman–Crippen LogP) is 2.87. The Hall–Kier alpha value is -2.70. The molecule has 176 valence electrons. The molecule has 1 aliphatic heterocycles. The van der Waals surface area contributed by atoms with Crippen LogP contribution in [-0.4, -0.2) is 51.9 Å². The van der Waals surface area contributed by atoms with Crippen LogP contribution >= 0.6 is 0 Å². The highest BCUT2D eigenvalue weighted by molar-refractivity contribution is 7.91. The summed E-state index contributed by atoms with van der Waals surface area (Å²) in [4.78, 5) is 17.3. The van der Waals surface area contributed by atoms with Gasteiger partial charge < -0.3 is 19.5 Å². The number of nitrogens with two attached hydrogens (primary N) is 1. The highest BCUT2D eigenvalue weighted by atomic mass is 32.2. The van der Waals surface area contributed by atoms with Crippen LogP contribution in [0.4, 0.5) is 10.5 Å². The van der Waals surface area contributed by atoms with Gasteiger partial charge in [-0.25, -0.2) is 23.8 Å². The number of carbonyl (C=O) groups is 1. The maximum atomic E-state index is 13.2. The number of aromatic nitrogens is 3. The van der Waals surface area contributed by atoms with Crippen LogP contribution in [0.25, 0.3) is 0 Å². The molecular weight excluding hydrogens is 436 g/mol. The van der Waals surface area contributed by atoms with E-state index in [0.29, 0.717) is 23.8 Å². The molecule has 3 heterocycles. The molecule has 0 spiro atoms. The minimum atomic E-state index is -3.61. The maximum Gasteiger partial charge on any atom is 0.354 e. The number of fused-ring (bicyclic) bond motifs is 1. The number of ether oxygens (including phenoxy) is 3. The number of rotatable bonds is 6. The first-order valence-electron chi connectivity index (χ1n) is 10.2. The van der Waals surface area contributed by atoms with E-state index in [1.165, 1.54) is 18.0 Å². The lowest BCUT2D eigenvalue weighted by Gasteiger charge is -2.23. The van der Waals surface area contributed by atoms with Crippen molar-refractivity contribution in [1.29, 1.82) is 0 Å². The molecule has 1 unspecified atom stereocenters. The van der Waals surface area contributed by atoms with Gasteiger partial charge in [-0.3, -0.25) is 0 Å². The van der Waals surface area contributed by atoms with E-state index in [4.69, 9.17) is 19.3 Å². The molecule has 2 atom stereocenters. The van der Waals surface area contributed by atoms with Gasteiger partial charge in [0.15, 0.2) is 9.92 Å². The summed E-state index contributed by atoms with van der Waals surface area (Å²) in [6, 6.07) is 0.916. The van der Waals surface area contributed by atoms with Crippen LogP contribution in [0.3, 0.4) is 0 Å². The molecule has 12 heteroatoms. The fourth-order valence-electron chi connectivity index (χ4n) is 3.37. The average Bonchev–Trinajstić information content (AvgIpc) is 3.17. The summed E-state index contributed by atoms with van der Waals surface area (Å²) in [5.41, 5.74) is 1.97. The minimum absolute atomic E-state index is 0.00930. The molecule has 3 rings (SSSR count). The predicted molar refractivity (Wildman–Crippen MR) is 120 cm³/mol. The van der Waals surface area contributed by atoms with Crippen LogP contribution in [0.15, 0.2) is 21.5 Å². The van der Waals surface area contributed by atoms with E-state index in [2.05, 4.69) is 19.8 Å². The Labute approximate surface area is 187 Å². The van der Waals surface area contributed by atoms with E-state index in [1.807, 2.05) is 27.7 Å². The van der Waals surface area contributed by atoms with Crippen molar-refractivity contribution in [3.63, 3.8) is 0 Å². The van der Waals surface area contributed by atoms with Gasteiger partial charge in [0.1, 0.15) is 17.6 Å². The van der Waals surface area contributed by atoms with Crippen LogP contribution in [0.2, 0.25) is 0 Å². The number of pyridine rings is 1. The standard InChI is InChI=1S/C20H30N6O5S/c1-11(2)14-7-16(30-6)23-17(12(3)4)18(14)24-20(27)25-32(21,28)15-8-22-26-9-13(29-5)10-31-19(15)26/h7-8,11-13H,9-10H2,1-6H3,(H3,21,24,25,27,28)/t13-,32?/m1/s1. The molecule has 2 aromatic rings. The number of nitrogens with zero attached hydrogens (tertiary/aromatic N) is 4. The second-order valence-electron chi connectivity index (χ2n) is 8.08. The average molecular weight is 467 g/mol. The molecule has 2 aromatic heterocycles. The van der Waals surface area contributed by atoms with Gasteiger partial charge in [0, 0.05) is 13.2 Å². The second kappa shape index (κ2) is 9.43. The number of amides is 2. The molecule has 0 fully saturated rings. The fourth-order valence-corrected chi connectivity index (χ4v) is 4.37. The summed E-state index contributed by atoms with van der Waals surface area (Å²) in [6.45, 7) is 8.55. The Morgan fingerprint density at radius 3 is 2.66 bits per heavy atom. The molecule has 0 saturated carbocycles. The van der Waals surface area contributed by atoms with Crippen molar-refractivity contribution in [2.45, 2.75) is 57.1 Å². The quantitative estimate of drug-likeness (QED) is 0.666. The van der Waals surface area contributed by atoms with Crippen molar-refractivity contribution in [3.8, 4) is 11.8 Å². The lowest BCUT2D eigenvalue weighted by atomic mass is 9.97. The second-order valence-corrected chi connectivity index (χ2v) is 9.84. The van der Waals surface area contributed by atoms with E-state index >= 15 is 0 Å². The van der Waals surface area contributed by atoms with Crippen molar-refractivity contribution in [1.82, 2.24) is 14.8 Å². The number of nitrogens with one attached hydrogen (secondary N) is 1. The third-order valence-corrected chi connectivity index (χ3v) is 6.42. The molecule has 0 bridgehead atoms. The number of carbonyl (C=O) groups excluding carboxylic acids is 1. The third-order valence-electron chi connectivity index (χ3n) is 5.07. The summed E-state index contributed by atoms with van der Waals surface area (Å²) >= 11 is 0. The van der Waals surface area contributed by atoms with Crippen molar-refractivity contribution < 1.29 is 23.2 Å². The Bertz CT molecular complexity index is 1090. The molecule has 1 aliphatic rings. The van der Waals surface area contributed by atoms with Gasteiger partial charge in [-0.1, -0.05) is 27.7 Å². The van der Waals surface area contributed by atoms with Crippen LogP contribution in [0, 0.1) is 0 Å². The summed E-state index contributed by atoms with van der Waals surface area (Å²) in [5.74, 6) is 0.726. The van der Waals surface area contributed by atoms with Gasteiger partial charge in [-0.2, -0.15) is 5.10 Å². The zero-order chi connectivity index (χ0) is 23.6. The molecule has 0 aliphatic carbocycles. The Kier molecular flexibility index (Phi) is 7.06. The summed E-state index contributed by atoms with van der Waals surface area (Å²) in [5, 5.41) is 12.8. The number of hydrogen-bond donors (Lipinski definition) is 2. The van der Waals surface area contributed by atoms with Gasteiger partial charge >= 0.3 is 6.03 Å². The Balaban J connectivity index is 1.96. The molecular formula is C20H30N6O5S. The van der Waals surface area contributed by atoms with E-state index in [0.717, 1.165) is 5.56 Å². The van der Waals surface area contributed by atoms with Gasteiger partial charge in [-0.05, 0) is 17.4 Å². The summed E-state index contributed by atoms with van der Waals surface area (Å²) in [6.07, 6.45) is 1.12. The van der Waals surface area contributed by atoms with Gasteiger partial charge in [-0.15, -0.1) is 4.36 Å².